The number of aryl methyl sites for hydroxylation is 1. The maximum Gasteiger partial charge on any atom is 0.309 e. The Bertz CT molecular complexity index is 848. The van der Waals surface area contributed by atoms with E-state index in [2.05, 4.69) is 29.2 Å². The number of halogens is 1. The first-order valence-electron chi connectivity index (χ1n) is 10.2. The van der Waals surface area contributed by atoms with Crippen LogP contribution in [0, 0.1) is 12.8 Å². The molecule has 29 heavy (non-hydrogen) atoms. The second-order valence-corrected chi connectivity index (χ2v) is 8.94. The van der Waals surface area contributed by atoms with Gasteiger partial charge >= 0.3 is 5.97 Å². The van der Waals surface area contributed by atoms with Gasteiger partial charge in [0.1, 0.15) is 6.17 Å². The molecule has 2 aromatic rings. The zero-order chi connectivity index (χ0) is 20.4. The number of carbonyl (C=O) groups excluding carboxylic acids is 1. The molecule has 2 fully saturated rings. The number of aromatic nitrogens is 1. The summed E-state index contributed by atoms with van der Waals surface area (Å²) in [6.07, 6.45) is 0.336. The van der Waals surface area contributed by atoms with Gasteiger partial charge in [-0.05, 0) is 43.9 Å². The number of anilines is 1. The van der Waals surface area contributed by atoms with Crippen LogP contribution >= 0.6 is 11.3 Å². The summed E-state index contributed by atoms with van der Waals surface area (Å²) < 4.78 is 24.4. The highest BCUT2D eigenvalue weighted by molar-refractivity contribution is 7.15. The molecule has 1 aliphatic carbocycles. The number of rotatable bonds is 4. The van der Waals surface area contributed by atoms with E-state index in [0.29, 0.717) is 12.8 Å². The molecule has 7 heteroatoms. The molecule has 0 spiro atoms. The molecule has 1 aliphatic heterocycles. The summed E-state index contributed by atoms with van der Waals surface area (Å²) in [5.74, 6) is -0.915. The van der Waals surface area contributed by atoms with Crippen molar-refractivity contribution in [1.29, 1.82) is 0 Å². The fraction of sp³-hybridized carbons (Fsp3) is 0.545. The smallest absolute Gasteiger partial charge is 0.309 e. The van der Waals surface area contributed by atoms with Crippen molar-refractivity contribution in [3.05, 3.63) is 35.0 Å². The Morgan fingerprint density at radius 1 is 1.24 bits per heavy atom. The van der Waals surface area contributed by atoms with Gasteiger partial charge in [-0.15, -0.1) is 11.3 Å². The van der Waals surface area contributed by atoms with Gasteiger partial charge in [-0.1, -0.05) is 12.1 Å². The van der Waals surface area contributed by atoms with E-state index in [0.717, 1.165) is 47.4 Å². The average molecular weight is 419 g/mol. The van der Waals surface area contributed by atoms with Gasteiger partial charge in [0.05, 0.1) is 41.8 Å². The summed E-state index contributed by atoms with van der Waals surface area (Å²) in [4.78, 5) is 20.5. The molecular formula is C22H27FN2O3S. The highest BCUT2D eigenvalue weighted by Gasteiger charge is 2.39. The predicted molar refractivity (Wildman–Crippen MR) is 112 cm³/mol. The number of carbonyl (C=O) groups is 1. The number of hydrogen-bond acceptors (Lipinski definition) is 6. The number of morpholine rings is 1. The molecule has 2 aliphatic rings. The molecule has 0 bridgehead atoms. The van der Waals surface area contributed by atoms with Crippen LogP contribution in [0.25, 0.3) is 10.4 Å². The van der Waals surface area contributed by atoms with Gasteiger partial charge in [-0.25, -0.2) is 9.37 Å². The summed E-state index contributed by atoms with van der Waals surface area (Å²) >= 11 is 1.63. The molecule has 5 nitrogen and oxygen atoms in total. The van der Waals surface area contributed by atoms with Crippen molar-refractivity contribution in [2.75, 3.05) is 38.3 Å². The average Bonchev–Trinajstić information content (AvgIpc) is 3.15. The van der Waals surface area contributed by atoms with Gasteiger partial charge in [0, 0.05) is 24.7 Å². The molecule has 0 radical (unpaired) electrons. The van der Waals surface area contributed by atoms with E-state index >= 15 is 0 Å². The van der Waals surface area contributed by atoms with Crippen molar-refractivity contribution in [1.82, 2.24) is 4.98 Å². The summed E-state index contributed by atoms with van der Waals surface area (Å²) in [5, 5.41) is 0.957. The quantitative estimate of drug-likeness (QED) is 0.691. The second kappa shape index (κ2) is 8.79. The van der Waals surface area contributed by atoms with Crippen LogP contribution in [-0.4, -0.2) is 50.5 Å². The first kappa shape index (κ1) is 20.3. The lowest BCUT2D eigenvalue weighted by Gasteiger charge is -2.31. The standard InChI is InChI=1S/C22H27FN2O3S/c1-14-24-20(18-8-5-16(23)13-19(18)22(26)27-2)21(29-14)15-3-6-17(7-4-15)25-9-11-28-12-10-25/h3-4,6-7,16,18-19H,5,8-13H2,1-2H3/t16-,18+,19+/m0/s1. The Morgan fingerprint density at radius 2 is 1.97 bits per heavy atom. The molecule has 0 unspecified atom stereocenters. The number of esters is 1. The lowest BCUT2D eigenvalue weighted by Crippen LogP contribution is -2.36. The van der Waals surface area contributed by atoms with E-state index < -0.39 is 12.1 Å². The van der Waals surface area contributed by atoms with Crippen molar-refractivity contribution in [3.63, 3.8) is 0 Å². The number of thiazole rings is 1. The van der Waals surface area contributed by atoms with Gasteiger partial charge in [0.25, 0.3) is 0 Å². The monoisotopic (exact) mass is 418 g/mol. The Hall–Kier alpha value is -1.99. The maximum absolute atomic E-state index is 14.0. The number of nitrogens with zero attached hydrogens (tertiary/aromatic N) is 2. The number of alkyl halides is 1. The van der Waals surface area contributed by atoms with Gasteiger partial charge in [-0.2, -0.15) is 0 Å². The molecule has 1 saturated carbocycles. The van der Waals surface area contributed by atoms with Gasteiger partial charge in [0.15, 0.2) is 0 Å². The first-order valence-corrected chi connectivity index (χ1v) is 11.0. The third-order valence-corrected chi connectivity index (χ3v) is 6.94. The van der Waals surface area contributed by atoms with Crippen LogP contribution in [0.15, 0.2) is 24.3 Å². The van der Waals surface area contributed by atoms with E-state index in [1.165, 1.54) is 12.8 Å². The van der Waals surface area contributed by atoms with Gasteiger partial charge in [0.2, 0.25) is 0 Å². The molecule has 4 rings (SSSR count). The topological polar surface area (TPSA) is 51.7 Å². The minimum absolute atomic E-state index is 0.103. The van der Waals surface area contributed by atoms with Gasteiger partial charge < -0.3 is 14.4 Å². The molecule has 1 aromatic heterocycles. The van der Waals surface area contributed by atoms with Crippen molar-refractivity contribution < 1.29 is 18.7 Å². The van der Waals surface area contributed by atoms with Crippen LogP contribution in [0.2, 0.25) is 0 Å². The number of hydrogen-bond donors (Lipinski definition) is 0. The Labute approximate surface area is 174 Å². The Balaban J connectivity index is 1.63. The predicted octanol–water partition coefficient (Wildman–Crippen LogP) is 4.35. The van der Waals surface area contributed by atoms with E-state index in [1.807, 2.05) is 6.92 Å². The molecule has 156 valence electrons. The van der Waals surface area contributed by atoms with E-state index in [9.17, 15) is 9.18 Å². The zero-order valence-electron chi connectivity index (χ0n) is 16.9. The summed E-state index contributed by atoms with van der Waals surface area (Å²) in [6, 6.07) is 8.51. The molecule has 0 N–H and O–H groups in total. The highest BCUT2D eigenvalue weighted by atomic mass is 32.1. The Kier molecular flexibility index (Phi) is 6.15. The molecule has 1 saturated heterocycles. The lowest BCUT2D eigenvalue weighted by molar-refractivity contribution is -0.148. The third-order valence-electron chi connectivity index (χ3n) is 5.91. The van der Waals surface area contributed by atoms with Crippen molar-refractivity contribution in [2.45, 2.75) is 38.3 Å². The van der Waals surface area contributed by atoms with Gasteiger partial charge in [-0.3, -0.25) is 4.79 Å². The number of benzene rings is 1. The molecular weight excluding hydrogens is 391 g/mol. The van der Waals surface area contributed by atoms with Crippen LogP contribution < -0.4 is 4.90 Å². The highest BCUT2D eigenvalue weighted by Crippen LogP contribution is 2.44. The fourth-order valence-corrected chi connectivity index (χ4v) is 5.40. The van der Waals surface area contributed by atoms with E-state index in [-0.39, 0.29) is 18.3 Å². The summed E-state index contributed by atoms with van der Waals surface area (Å²) in [6.45, 7) is 5.29. The van der Waals surface area contributed by atoms with Crippen LogP contribution in [-0.2, 0) is 14.3 Å². The summed E-state index contributed by atoms with van der Waals surface area (Å²) in [5.41, 5.74) is 3.19. The Morgan fingerprint density at radius 3 is 2.66 bits per heavy atom. The van der Waals surface area contributed by atoms with Crippen LogP contribution in [0.3, 0.4) is 0 Å². The number of methoxy groups -OCH3 is 1. The second-order valence-electron chi connectivity index (χ2n) is 7.74. The maximum atomic E-state index is 14.0. The van der Waals surface area contributed by atoms with Crippen molar-refractivity contribution in [2.24, 2.45) is 5.92 Å². The van der Waals surface area contributed by atoms with Crippen molar-refractivity contribution >= 4 is 23.0 Å². The normalized spacial score (nSPS) is 25.1. The minimum Gasteiger partial charge on any atom is -0.469 e. The van der Waals surface area contributed by atoms with E-state index in [1.54, 1.807) is 11.3 Å². The molecule has 3 atom stereocenters. The molecule has 1 aromatic carbocycles. The lowest BCUT2D eigenvalue weighted by atomic mass is 9.76. The van der Waals surface area contributed by atoms with E-state index in [4.69, 9.17) is 14.5 Å². The third kappa shape index (κ3) is 4.31. The first-order chi connectivity index (χ1) is 14.1. The minimum atomic E-state index is -0.952. The fourth-order valence-electron chi connectivity index (χ4n) is 4.40. The zero-order valence-corrected chi connectivity index (χ0v) is 17.7. The van der Waals surface area contributed by atoms with Crippen LogP contribution in [0.4, 0.5) is 10.1 Å². The largest absolute Gasteiger partial charge is 0.469 e. The van der Waals surface area contributed by atoms with Crippen LogP contribution in [0.5, 0.6) is 0 Å². The van der Waals surface area contributed by atoms with Crippen LogP contribution in [0.1, 0.15) is 35.9 Å². The van der Waals surface area contributed by atoms with Crippen molar-refractivity contribution in [3.8, 4) is 10.4 Å². The number of ether oxygens (including phenoxy) is 2. The molecule has 0 amide bonds. The molecule has 2 heterocycles. The summed E-state index contributed by atoms with van der Waals surface area (Å²) in [7, 11) is 1.37. The SMILES string of the molecule is COC(=O)[C@@H]1C[C@@H](F)CC[C@H]1c1nc(C)sc1-c1ccc(N2CCOCC2)cc1.